The van der Waals surface area contributed by atoms with Gasteiger partial charge in [0.15, 0.2) is 5.82 Å². The van der Waals surface area contributed by atoms with E-state index in [-0.39, 0.29) is 0 Å². The number of pyridine rings is 1. The number of hydrogen-bond acceptors (Lipinski definition) is 4. The highest BCUT2D eigenvalue weighted by molar-refractivity contribution is 6.05. The summed E-state index contributed by atoms with van der Waals surface area (Å²) in [5.41, 5.74) is 1.42. The summed E-state index contributed by atoms with van der Waals surface area (Å²) in [5.74, 6) is 1.51. The number of anilines is 2. The van der Waals surface area contributed by atoms with Gasteiger partial charge in [-0.05, 0) is 18.2 Å². The second-order valence-corrected chi connectivity index (χ2v) is 4.36. The predicted molar refractivity (Wildman–Crippen MR) is 87.0 cm³/mol. The molecule has 0 atom stereocenters. The highest BCUT2D eigenvalue weighted by Crippen LogP contribution is 2.27. The number of aliphatic imine (C=N–C) groups is 1. The summed E-state index contributed by atoms with van der Waals surface area (Å²) < 4.78 is 5.17. The van der Waals surface area contributed by atoms with Crippen molar-refractivity contribution in [1.29, 1.82) is 0 Å². The Morgan fingerprint density at radius 2 is 2.00 bits per heavy atom. The number of methoxy groups -OCH3 is 1. The first-order chi connectivity index (χ1) is 10.7. The first-order valence-electron chi connectivity index (χ1n) is 6.74. The zero-order chi connectivity index (χ0) is 15.9. The fraction of sp³-hybridized carbons (Fsp3) is 0.188. The number of rotatable bonds is 5. The zero-order valence-electron chi connectivity index (χ0n) is 12.8. The van der Waals surface area contributed by atoms with E-state index in [1.165, 1.54) is 12.0 Å². The normalized spacial score (nSPS) is 11.0. The smallest absolute Gasteiger partial charge is 0.219 e. The average molecular weight is 298 g/mol. The highest BCUT2D eigenvalue weighted by atomic mass is 16.5. The summed E-state index contributed by atoms with van der Waals surface area (Å²) in [5, 5.41) is 3.00. The molecule has 0 saturated carbocycles. The molecule has 6 nitrogen and oxygen atoms in total. The minimum Gasteiger partial charge on any atom is -0.481 e. The lowest BCUT2D eigenvalue weighted by Crippen LogP contribution is -2.25. The number of nitrogens with one attached hydrogen (secondary N) is 1. The van der Waals surface area contributed by atoms with Crippen molar-refractivity contribution in [2.24, 2.45) is 4.99 Å². The Hall–Kier alpha value is -2.89. The number of aromatic nitrogens is 1. The SMILES string of the molecule is CN=C(NC)c1ccc(OC)nc1N(C=O)c1ccccc1. The number of nitrogens with zero attached hydrogens (tertiary/aromatic N) is 3. The summed E-state index contributed by atoms with van der Waals surface area (Å²) in [6, 6.07) is 12.8. The summed E-state index contributed by atoms with van der Waals surface area (Å²) in [7, 11) is 4.98. The molecule has 0 unspecified atom stereocenters. The minimum absolute atomic E-state index is 0.424. The minimum atomic E-state index is 0.424. The molecule has 22 heavy (non-hydrogen) atoms. The third-order valence-corrected chi connectivity index (χ3v) is 3.14. The number of carbonyl (C=O) groups excluding carboxylic acids is 1. The summed E-state index contributed by atoms with van der Waals surface area (Å²) >= 11 is 0. The summed E-state index contributed by atoms with van der Waals surface area (Å²) in [6.07, 6.45) is 0.726. The largest absolute Gasteiger partial charge is 0.481 e. The van der Waals surface area contributed by atoms with E-state index in [0.29, 0.717) is 28.8 Å². The van der Waals surface area contributed by atoms with Gasteiger partial charge in [-0.1, -0.05) is 18.2 Å². The maximum absolute atomic E-state index is 11.6. The molecule has 0 aliphatic rings. The van der Waals surface area contributed by atoms with Crippen LogP contribution in [0.25, 0.3) is 0 Å². The molecular formula is C16H18N4O2. The van der Waals surface area contributed by atoms with Gasteiger partial charge in [0.05, 0.1) is 18.4 Å². The Bertz CT molecular complexity index is 671. The van der Waals surface area contributed by atoms with Crippen molar-refractivity contribution in [3.8, 4) is 5.88 Å². The Kier molecular flexibility index (Phi) is 5.08. The van der Waals surface area contributed by atoms with Crippen molar-refractivity contribution in [3.63, 3.8) is 0 Å². The van der Waals surface area contributed by atoms with Crippen LogP contribution in [-0.2, 0) is 4.79 Å². The van der Waals surface area contributed by atoms with Gasteiger partial charge in [0.1, 0.15) is 5.84 Å². The van der Waals surface area contributed by atoms with Gasteiger partial charge in [-0.15, -0.1) is 0 Å². The Balaban J connectivity index is 2.62. The molecule has 0 radical (unpaired) electrons. The molecule has 0 saturated heterocycles. The van der Waals surface area contributed by atoms with Crippen LogP contribution in [0.2, 0.25) is 0 Å². The van der Waals surface area contributed by atoms with Crippen LogP contribution in [0.5, 0.6) is 5.88 Å². The summed E-state index contributed by atoms with van der Waals surface area (Å²) in [4.78, 5) is 21.7. The molecule has 1 aromatic heterocycles. The third kappa shape index (κ3) is 3.06. The van der Waals surface area contributed by atoms with Crippen molar-refractivity contribution in [1.82, 2.24) is 10.3 Å². The molecule has 0 aliphatic carbocycles. The monoisotopic (exact) mass is 298 g/mol. The van der Waals surface area contributed by atoms with E-state index in [4.69, 9.17) is 4.74 Å². The van der Waals surface area contributed by atoms with E-state index in [1.807, 2.05) is 36.4 Å². The first kappa shape index (κ1) is 15.5. The van der Waals surface area contributed by atoms with Crippen LogP contribution >= 0.6 is 0 Å². The predicted octanol–water partition coefficient (Wildman–Crippen LogP) is 1.98. The van der Waals surface area contributed by atoms with Crippen molar-refractivity contribution < 1.29 is 9.53 Å². The molecule has 2 aromatic rings. The van der Waals surface area contributed by atoms with E-state index in [9.17, 15) is 4.79 Å². The lowest BCUT2D eigenvalue weighted by molar-refractivity contribution is -0.106. The number of carbonyl (C=O) groups is 1. The maximum atomic E-state index is 11.6. The molecule has 0 fully saturated rings. The van der Waals surface area contributed by atoms with Crippen LogP contribution in [0.3, 0.4) is 0 Å². The number of benzene rings is 1. The van der Waals surface area contributed by atoms with Crippen LogP contribution in [0.4, 0.5) is 11.5 Å². The standard InChI is InChI=1S/C16H18N4O2/c1-17-15(18-2)13-9-10-14(22-3)19-16(13)20(11-21)12-7-5-4-6-8-12/h4-11H,1-3H3,(H,17,18). The Morgan fingerprint density at radius 3 is 2.55 bits per heavy atom. The Morgan fingerprint density at radius 1 is 1.27 bits per heavy atom. The van der Waals surface area contributed by atoms with Crippen molar-refractivity contribution >= 4 is 23.8 Å². The molecule has 0 spiro atoms. The van der Waals surface area contributed by atoms with Gasteiger partial charge < -0.3 is 10.1 Å². The van der Waals surface area contributed by atoms with Crippen LogP contribution < -0.4 is 15.0 Å². The molecule has 0 bridgehead atoms. The van der Waals surface area contributed by atoms with Crippen molar-refractivity contribution in [3.05, 3.63) is 48.0 Å². The second kappa shape index (κ2) is 7.21. The molecule has 1 amide bonds. The molecule has 1 aromatic carbocycles. The van der Waals surface area contributed by atoms with Crippen LogP contribution in [0, 0.1) is 0 Å². The van der Waals surface area contributed by atoms with E-state index in [0.717, 1.165) is 6.41 Å². The van der Waals surface area contributed by atoms with E-state index in [2.05, 4.69) is 15.3 Å². The maximum Gasteiger partial charge on any atom is 0.219 e. The van der Waals surface area contributed by atoms with E-state index < -0.39 is 0 Å². The molecular weight excluding hydrogens is 280 g/mol. The van der Waals surface area contributed by atoms with Gasteiger partial charge >= 0.3 is 0 Å². The van der Waals surface area contributed by atoms with E-state index in [1.54, 1.807) is 20.2 Å². The van der Waals surface area contributed by atoms with Gasteiger partial charge in [-0.2, -0.15) is 4.98 Å². The second-order valence-electron chi connectivity index (χ2n) is 4.36. The molecule has 6 heteroatoms. The van der Waals surface area contributed by atoms with Crippen molar-refractivity contribution in [2.45, 2.75) is 0 Å². The van der Waals surface area contributed by atoms with Gasteiger partial charge in [0.25, 0.3) is 0 Å². The molecule has 0 aliphatic heterocycles. The number of hydrogen-bond donors (Lipinski definition) is 1. The molecule has 1 heterocycles. The quantitative estimate of drug-likeness (QED) is 0.521. The average Bonchev–Trinajstić information content (AvgIpc) is 2.58. The number of ether oxygens (including phenoxy) is 1. The zero-order valence-corrected chi connectivity index (χ0v) is 12.8. The van der Waals surface area contributed by atoms with Crippen molar-refractivity contribution in [2.75, 3.05) is 26.1 Å². The number of para-hydroxylation sites is 1. The third-order valence-electron chi connectivity index (χ3n) is 3.14. The van der Waals surface area contributed by atoms with Crippen LogP contribution in [0.15, 0.2) is 47.5 Å². The fourth-order valence-electron chi connectivity index (χ4n) is 2.10. The number of amidine groups is 1. The Labute approximate surface area is 129 Å². The molecule has 2 rings (SSSR count). The van der Waals surface area contributed by atoms with Gasteiger partial charge in [0.2, 0.25) is 12.3 Å². The van der Waals surface area contributed by atoms with E-state index >= 15 is 0 Å². The molecule has 1 N–H and O–H groups in total. The molecule has 114 valence electrons. The lowest BCUT2D eigenvalue weighted by Gasteiger charge is -2.20. The lowest BCUT2D eigenvalue weighted by atomic mass is 10.2. The number of amides is 1. The fourth-order valence-corrected chi connectivity index (χ4v) is 2.10. The van der Waals surface area contributed by atoms with Crippen LogP contribution in [0.1, 0.15) is 5.56 Å². The topological polar surface area (TPSA) is 66.8 Å². The van der Waals surface area contributed by atoms with Gasteiger partial charge in [0, 0.05) is 20.2 Å². The van der Waals surface area contributed by atoms with Gasteiger partial charge in [-0.3, -0.25) is 14.7 Å². The van der Waals surface area contributed by atoms with Gasteiger partial charge in [-0.25, -0.2) is 0 Å². The van der Waals surface area contributed by atoms with Crippen LogP contribution in [-0.4, -0.2) is 38.4 Å². The highest BCUT2D eigenvalue weighted by Gasteiger charge is 2.18. The summed E-state index contributed by atoms with van der Waals surface area (Å²) in [6.45, 7) is 0. The first-order valence-corrected chi connectivity index (χ1v) is 6.74.